The first kappa shape index (κ1) is 16.2. The first-order valence-corrected chi connectivity index (χ1v) is 7.87. The van der Waals surface area contributed by atoms with E-state index >= 15 is 0 Å². The van der Waals surface area contributed by atoms with Crippen LogP contribution in [0.5, 0.6) is 11.6 Å². The lowest BCUT2D eigenvalue weighted by atomic mass is 10.2. The summed E-state index contributed by atoms with van der Waals surface area (Å²) in [6, 6.07) is 9.73. The normalized spacial score (nSPS) is 11.0. The minimum absolute atomic E-state index is 0.635. The number of aromatic nitrogens is 5. The van der Waals surface area contributed by atoms with Gasteiger partial charge in [0.15, 0.2) is 0 Å². The number of ether oxygens (including phenoxy) is 1. The van der Waals surface area contributed by atoms with Gasteiger partial charge >= 0.3 is 0 Å². The van der Waals surface area contributed by atoms with Crippen LogP contribution < -0.4 is 10.1 Å². The third kappa shape index (κ3) is 3.30. The Balaban J connectivity index is 1.72. The maximum Gasteiger partial charge on any atom is 0.222 e. The van der Waals surface area contributed by atoms with E-state index in [1.165, 1.54) is 0 Å². The number of hydrogen-bond donors (Lipinski definition) is 1. The Bertz CT molecular complexity index is 821. The third-order valence-corrected chi connectivity index (χ3v) is 4.01. The van der Waals surface area contributed by atoms with Gasteiger partial charge in [0.1, 0.15) is 17.4 Å². The van der Waals surface area contributed by atoms with Crippen molar-refractivity contribution in [3.8, 4) is 11.6 Å². The maximum atomic E-state index is 6.02. The Morgan fingerprint density at radius 3 is 2.46 bits per heavy atom. The van der Waals surface area contributed by atoms with Crippen molar-refractivity contribution in [2.45, 2.75) is 26.9 Å². The van der Waals surface area contributed by atoms with Gasteiger partial charge in [0.05, 0.1) is 17.8 Å². The number of benzene rings is 1. The monoisotopic (exact) mass is 326 g/mol. The molecule has 0 aliphatic rings. The molecule has 0 aliphatic heterocycles. The molecular formula is C17H22N6O. The SMILES string of the molecule is Cc1nn(C)c(Oc2ccccc2)c1CNCc1nnc(C)n1C. The molecule has 3 rings (SSSR count). The van der Waals surface area contributed by atoms with Crippen LogP contribution in [0.15, 0.2) is 30.3 Å². The molecule has 0 amide bonds. The number of nitrogens with one attached hydrogen (secondary N) is 1. The molecule has 3 aromatic rings. The average Bonchev–Trinajstić information content (AvgIpc) is 3.02. The zero-order chi connectivity index (χ0) is 17.1. The molecule has 2 heterocycles. The Kier molecular flexibility index (Phi) is 4.61. The van der Waals surface area contributed by atoms with Crippen molar-refractivity contribution in [1.82, 2.24) is 29.9 Å². The van der Waals surface area contributed by atoms with Crippen LogP contribution in [0, 0.1) is 13.8 Å². The van der Waals surface area contributed by atoms with Crippen molar-refractivity contribution in [2.24, 2.45) is 14.1 Å². The lowest BCUT2D eigenvalue weighted by molar-refractivity contribution is 0.423. The molecule has 0 saturated heterocycles. The molecule has 2 aromatic heterocycles. The summed E-state index contributed by atoms with van der Waals surface area (Å²) in [6.45, 7) is 5.21. The van der Waals surface area contributed by atoms with Gasteiger partial charge in [-0.3, -0.25) is 0 Å². The molecule has 1 aromatic carbocycles. The molecule has 0 aliphatic carbocycles. The highest BCUT2D eigenvalue weighted by molar-refractivity contribution is 5.35. The summed E-state index contributed by atoms with van der Waals surface area (Å²) in [5.41, 5.74) is 1.99. The molecule has 0 saturated carbocycles. The first-order valence-electron chi connectivity index (χ1n) is 7.87. The minimum Gasteiger partial charge on any atom is -0.439 e. The Hall–Kier alpha value is -2.67. The predicted molar refractivity (Wildman–Crippen MR) is 90.7 cm³/mol. The van der Waals surface area contributed by atoms with Crippen molar-refractivity contribution in [3.05, 3.63) is 53.2 Å². The quantitative estimate of drug-likeness (QED) is 0.752. The second kappa shape index (κ2) is 6.84. The zero-order valence-corrected chi connectivity index (χ0v) is 14.4. The highest BCUT2D eigenvalue weighted by atomic mass is 16.5. The van der Waals surface area contributed by atoms with Crippen LogP contribution in [0.25, 0.3) is 0 Å². The van der Waals surface area contributed by atoms with Crippen LogP contribution >= 0.6 is 0 Å². The third-order valence-electron chi connectivity index (χ3n) is 4.01. The molecule has 0 atom stereocenters. The smallest absolute Gasteiger partial charge is 0.222 e. The molecule has 0 fully saturated rings. The van der Waals surface area contributed by atoms with E-state index < -0.39 is 0 Å². The number of hydrogen-bond acceptors (Lipinski definition) is 5. The first-order chi connectivity index (χ1) is 11.6. The molecule has 0 unspecified atom stereocenters. The van der Waals surface area contributed by atoms with Crippen LogP contribution in [-0.4, -0.2) is 24.5 Å². The lowest BCUT2D eigenvalue weighted by Crippen LogP contribution is -2.16. The number of aryl methyl sites for hydroxylation is 3. The summed E-state index contributed by atoms with van der Waals surface area (Å²) in [6.07, 6.45) is 0. The highest BCUT2D eigenvalue weighted by Crippen LogP contribution is 2.26. The molecule has 0 radical (unpaired) electrons. The molecule has 7 nitrogen and oxygen atoms in total. The second-order valence-corrected chi connectivity index (χ2v) is 5.73. The zero-order valence-electron chi connectivity index (χ0n) is 14.4. The molecule has 0 bridgehead atoms. The molecular weight excluding hydrogens is 304 g/mol. The fraction of sp³-hybridized carbons (Fsp3) is 0.353. The van der Waals surface area contributed by atoms with Crippen molar-refractivity contribution in [3.63, 3.8) is 0 Å². The van der Waals surface area contributed by atoms with Crippen LogP contribution in [0.4, 0.5) is 0 Å². The van der Waals surface area contributed by atoms with Crippen LogP contribution in [0.3, 0.4) is 0 Å². The standard InChI is InChI=1S/C17H22N6O/c1-12-15(10-18-11-16-20-19-13(2)22(16)3)17(23(4)21-12)24-14-8-6-5-7-9-14/h5-9,18H,10-11H2,1-4H3. The largest absolute Gasteiger partial charge is 0.439 e. The van der Waals surface area contributed by atoms with E-state index in [4.69, 9.17) is 4.74 Å². The number of para-hydroxylation sites is 1. The van der Waals surface area contributed by atoms with Crippen LogP contribution in [0.2, 0.25) is 0 Å². The Labute approximate surface area is 141 Å². The van der Waals surface area contributed by atoms with Gasteiger partial charge in [0.2, 0.25) is 5.88 Å². The van der Waals surface area contributed by atoms with Gasteiger partial charge < -0.3 is 14.6 Å². The van der Waals surface area contributed by atoms with E-state index in [1.54, 1.807) is 4.68 Å². The van der Waals surface area contributed by atoms with Gasteiger partial charge in [-0.25, -0.2) is 4.68 Å². The van der Waals surface area contributed by atoms with Gasteiger partial charge in [0, 0.05) is 20.6 Å². The average molecular weight is 326 g/mol. The van der Waals surface area contributed by atoms with Gasteiger partial charge in [0.25, 0.3) is 0 Å². The maximum absolute atomic E-state index is 6.02. The van der Waals surface area contributed by atoms with E-state index in [2.05, 4.69) is 20.6 Å². The number of nitrogens with zero attached hydrogens (tertiary/aromatic N) is 5. The van der Waals surface area contributed by atoms with Gasteiger partial charge in [-0.05, 0) is 26.0 Å². The van der Waals surface area contributed by atoms with E-state index in [0.29, 0.717) is 13.1 Å². The van der Waals surface area contributed by atoms with Crippen molar-refractivity contribution < 1.29 is 4.74 Å². The van der Waals surface area contributed by atoms with Crippen molar-refractivity contribution >= 4 is 0 Å². The highest BCUT2D eigenvalue weighted by Gasteiger charge is 2.15. The van der Waals surface area contributed by atoms with Crippen LogP contribution in [-0.2, 0) is 27.2 Å². The summed E-state index contributed by atoms with van der Waals surface area (Å²) >= 11 is 0. The molecule has 24 heavy (non-hydrogen) atoms. The van der Waals surface area contributed by atoms with Crippen LogP contribution in [0.1, 0.15) is 22.9 Å². The summed E-state index contributed by atoms with van der Waals surface area (Å²) in [5, 5.41) is 16.1. The Morgan fingerprint density at radius 2 is 1.79 bits per heavy atom. The summed E-state index contributed by atoms with van der Waals surface area (Å²) in [7, 11) is 3.85. The van der Waals surface area contributed by atoms with Gasteiger partial charge in [-0.15, -0.1) is 10.2 Å². The molecule has 1 N–H and O–H groups in total. The molecule has 126 valence electrons. The molecule has 7 heteroatoms. The van der Waals surface area contributed by atoms with E-state index in [1.807, 2.05) is 62.8 Å². The molecule has 0 spiro atoms. The van der Waals surface area contributed by atoms with Gasteiger partial charge in [-0.2, -0.15) is 5.10 Å². The van der Waals surface area contributed by atoms with Crippen molar-refractivity contribution in [2.75, 3.05) is 0 Å². The Morgan fingerprint density at radius 1 is 1.04 bits per heavy atom. The second-order valence-electron chi connectivity index (χ2n) is 5.73. The van der Waals surface area contributed by atoms with Gasteiger partial charge in [-0.1, -0.05) is 18.2 Å². The summed E-state index contributed by atoms with van der Waals surface area (Å²) in [4.78, 5) is 0. The van der Waals surface area contributed by atoms with E-state index in [0.717, 1.165) is 34.5 Å². The lowest BCUT2D eigenvalue weighted by Gasteiger charge is -2.09. The summed E-state index contributed by atoms with van der Waals surface area (Å²) in [5.74, 6) is 3.35. The summed E-state index contributed by atoms with van der Waals surface area (Å²) < 4.78 is 9.77. The topological polar surface area (TPSA) is 69.8 Å². The minimum atomic E-state index is 0.635. The van der Waals surface area contributed by atoms with E-state index in [9.17, 15) is 0 Å². The number of rotatable bonds is 6. The van der Waals surface area contributed by atoms with E-state index in [-0.39, 0.29) is 0 Å². The van der Waals surface area contributed by atoms with Crippen molar-refractivity contribution in [1.29, 1.82) is 0 Å². The fourth-order valence-corrected chi connectivity index (χ4v) is 2.52. The fourth-order valence-electron chi connectivity index (χ4n) is 2.52. The predicted octanol–water partition coefficient (Wildman–Crippen LogP) is 2.25.